The Bertz CT molecular complexity index is 341. The van der Waals surface area contributed by atoms with Crippen LogP contribution in [0.25, 0.3) is 0 Å². The van der Waals surface area contributed by atoms with Crippen molar-refractivity contribution in [3.63, 3.8) is 0 Å². The standard InChI is InChI=1S/C11H16N2O2/c1-13(7-9-3-6-15-8-9)10(14)11(12)4-2-5-11/h3,6,8H,2,4-5,7,12H2,1H3. The lowest BCUT2D eigenvalue weighted by Gasteiger charge is -2.39. The normalized spacial score (nSPS) is 18.3. The Hall–Kier alpha value is -1.29. The van der Waals surface area contributed by atoms with Gasteiger partial charge in [-0.25, -0.2) is 0 Å². The molecule has 1 aromatic heterocycles. The topological polar surface area (TPSA) is 59.5 Å². The zero-order valence-corrected chi connectivity index (χ0v) is 8.90. The Kier molecular flexibility index (Phi) is 2.52. The Morgan fingerprint density at radius 2 is 2.40 bits per heavy atom. The summed E-state index contributed by atoms with van der Waals surface area (Å²) in [5, 5.41) is 0. The first kappa shape index (κ1) is 10.2. The summed E-state index contributed by atoms with van der Waals surface area (Å²) in [5.41, 5.74) is 6.36. The molecule has 1 aliphatic rings. The summed E-state index contributed by atoms with van der Waals surface area (Å²) in [6.07, 6.45) is 5.92. The van der Waals surface area contributed by atoms with Gasteiger partial charge in [0.05, 0.1) is 18.1 Å². The first-order valence-corrected chi connectivity index (χ1v) is 5.17. The highest BCUT2D eigenvalue weighted by molar-refractivity contribution is 5.86. The molecule has 1 heterocycles. The first-order valence-electron chi connectivity index (χ1n) is 5.17. The van der Waals surface area contributed by atoms with Crippen molar-refractivity contribution >= 4 is 5.91 Å². The van der Waals surface area contributed by atoms with E-state index < -0.39 is 5.54 Å². The number of carbonyl (C=O) groups excluding carboxylic acids is 1. The number of furan rings is 1. The summed E-state index contributed by atoms with van der Waals surface area (Å²) in [6.45, 7) is 0.564. The van der Waals surface area contributed by atoms with Crippen molar-refractivity contribution < 1.29 is 9.21 Å². The van der Waals surface area contributed by atoms with E-state index in [4.69, 9.17) is 10.2 Å². The van der Waals surface area contributed by atoms with Crippen LogP contribution in [-0.4, -0.2) is 23.4 Å². The molecular formula is C11H16N2O2. The minimum atomic E-state index is -0.599. The predicted molar refractivity (Wildman–Crippen MR) is 56.0 cm³/mol. The van der Waals surface area contributed by atoms with Crippen molar-refractivity contribution in [3.8, 4) is 0 Å². The number of likely N-dealkylation sites (N-methyl/N-ethyl adjacent to an activating group) is 1. The van der Waals surface area contributed by atoms with Crippen LogP contribution < -0.4 is 5.73 Å². The minimum Gasteiger partial charge on any atom is -0.472 e. The molecule has 1 amide bonds. The van der Waals surface area contributed by atoms with Crippen molar-refractivity contribution in [3.05, 3.63) is 24.2 Å². The van der Waals surface area contributed by atoms with E-state index in [1.807, 2.05) is 6.07 Å². The smallest absolute Gasteiger partial charge is 0.242 e. The Morgan fingerprint density at radius 3 is 2.87 bits per heavy atom. The average molecular weight is 208 g/mol. The maximum Gasteiger partial charge on any atom is 0.242 e. The summed E-state index contributed by atoms with van der Waals surface area (Å²) in [7, 11) is 1.78. The molecular weight excluding hydrogens is 192 g/mol. The molecule has 82 valence electrons. The van der Waals surface area contributed by atoms with Gasteiger partial charge in [0.1, 0.15) is 0 Å². The van der Waals surface area contributed by atoms with Gasteiger partial charge in [-0.3, -0.25) is 4.79 Å². The van der Waals surface area contributed by atoms with E-state index in [0.29, 0.717) is 6.54 Å². The van der Waals surface area contributed by atoms with Gasteiger partial charge in [-0.1, -0.05) is 0 Å². The molecule has 0 spiro atoms. The van der Waals surface area contributed by atoms with Gasteiger partial charge >= 0.3 is 0 Å². The average Bonchev–Trinajstić information content (AvgIpc) is 2.65. The third-order valence-electron chi connectivity index (χ3n) is 3.02. The molecule has 15 heavy (non-hydrogen) atoms. The summed E-state index contributed by atoms with van der Waals surface area (Å²) < 4.78 is 4.95. The molecule has 0 aromatic carbocycles. The van der Waals surface area contributed by atoms with Crippen LogP contribution in [-0.2, 0) is 11.3 Å². The molecule has 1 aromatic rings. The highest BCUT2D eigenvalue weighted by atomic mass is 16.3. The van der Waals surface area contributed by atoms with Gasteiger partial charge < -0.3 is 15.1 Å². The largest absolute Gasteiger partial charge is 0.472 e. The molecule has 2 N–H and O–H groups in total. The monoisotopic (exact) mass is 208 g/mol. The molecule has 1 aliphatic carbocycles. The number of hydrogen-bond acceptors (Lipinski definition) is 3. The quantitative estimate of drug-likeness (QED) is 0.809. The number of nitrogens with zero attached hydrogens (tertiary/aromatic N) is 1. The van der Waals surface area contributed by atoms with Crippen molar-refractivity contribution in [1.29, 1.82) is 0 Å². The Labute approximate surface area is 89.0 Å². The second-order valence-electron chi connectivity index (χ2n) is 4.30. The van der Waals surface area contributed by atoms with Crippen LogP contribution in [0.3, 0.4) is 0 Å². The molecule has 4 nitrogen and oxygen atoms in total. The molecule has 4 heteroatoms. The summed E-state index contributed by atoms with van der Waals surface area (Å²) in [6, 6.07) is 1.85. The van der Waals surface area contributed by atoms with Gasteiger partial charge in [-0.15, -0.1) is 0 Å². The Balaban J connectivity index is 1.96. The molecule has 0 saturated heterocycles. The summed E-state index contributed by atoms with van der Waals surface area (Å²) >= 11 is 0. The highest BCUT2D eigenvalue weighted by Gasteiger charge is 2.41. The lowest BCUT2D eigenvalue weighted by molar-refractivity contribution is -0.139. The second kappa shape index (κ2) is 3.70. The van der Waals surface area contributed by atoms with Crippen LogP contribution >= 0.6 is 0 Å². The third kappa shape index (κ3) is 1.90. The molecule has 0 bridgehead atoms. The van der Waals surface area contributed by atoms with Gasteiger partial charge in [0.25, 0.3) is 0 Å². The number of hydrogen-bond donors (Lipinski definition) is 1. The SMILES string of the molecule is CN(Cc1ccoc1)C(=O)C1(N)CCC1. The fourth-order valence-corrected chi connectivity index (χ4v) is 1.88. The van der Waals surface area contributed by atoms with Crippen molar-refractivity contribution in [2.45, 2.75) is 31.3 Å². The molecule has 1 saturated carbocycles. The first-order chi connectivity index (χ1) is 7.12. The maximum absolute atomic E-state index is 11.9. The minimum absolute atomic E-state index is 0.0370. The summed E-state index contributed by atoms with van der Waals surface area (Å²) in [5.74, 6) is 0.0370. The van der Waals surface area contributed by atoms with E-state index in [9.17, 15) is 4.79 Å². The van der Waals surface area contributed by atoms with E-state index in [-0.39, 0.29) is 5.91 Å². The molecule has 0 atom stereocenters. The van der Waals surface area contributed by atoms with E-state index in [0.717, 1.165) is 24.8 Å². The number of carbonyl (C=O) groups is 1. The van der Waals surface area contributed by atoms with Crippen molar-refractivity contribution in [1.82, 2.24) is 4.90 Å². The van der Waals surface area contributed by atoms with E-state index in [2.05, 4.69) is 0 Å². The van der Waals surface area contributed by atoms with Gasteiger partial charge in [0.2, 0.25) is 5.91 Å². The molecule has 0 aliphatic heterocycles. The van der Waals surface area contributed by atoms with Crippen molar-refractivity contribution in [2.75, 3.05) is 7.05 Å². The second-order valence-corrected chi connectivity index (χ2v) is 4.30. The van der Waals surface area contributed by atoms with E-state index in [1.54, 1.807) is 24.5 Å². The van der Waals surface area contributed by atoms with Crippen LogP contribution in [0.15, 0.2) is 23.0 Å². The van der Waals surface area contributed by atoms with Crippen molar-refractivity contribution in [2.24, 2.45) is 5.73 Å². The number of amides is 1. The molecule has 0 radical (unpaired) electrons. The third-order valence-corrected chi connectivity index (χ3v) is 3.02. The Morgan fingerprint density at radius 1 is 1.67 bits per heavy atom. The van der Waals surface area contributed by atoms with E-state index >= 15 is 0 Å². The van der Waals surface area contributed by atoms with Gasteiger partial charge in [0, 0.05) is 19.2 Å². The lowest BCUT2D eigenvalue weighted by Crippen LogP contribution is -2.58. The van der Waals surface area contributed by atoms with Crippen LogP contribution in [0.4, 0.5) is 0 Å². The zero-order valence-electron chi connectivity index (χ0n) is 8.90. The van der Waals surface area contributed by atoms with Gasteiger partial charge in [0.15, 0.2) is 0 Å². The lowest BCUT2D eigenvalue weighted by atomic mass is 9.76. The molecule has 1 fully saturated rings. The van der Waals surface area contributed by atoms with Gasteiger partial charge in [-0.2, -0.15) is 0 Å². The number of rotatable bonds is 3. The highest BCUT2D eigenvalue weighted by Crippen LogP contribution is 2.30. The van der Waals surface area contributed by atoms with Crippen LogP contribution in [0.2, 0.25) is 0 Å². The van der Waals surface area contributed by atoms with Crippen LogP contribution in [0, 0.1) is 0 Å². The molecule has 2 rings (SSSR count). The maximum atomic E-state index is 11.9. The van der Waals surface area contributed by atoms with Gasteiger partial charge in [-0.05, 0) is 25.3 Å². The number of nitrogens with two attached hydrogens (primary N) is 1. The van der Waals surface area contributed by atoms with Crippen LogP contribution in [0.5, 0.6) is 0 Å². The predicted octanol–water partition coefficient (Wildman–Crippen LogP) is 1.12. The summed E-state index contributed by atoms with van der Waals surface area (Å²) in [4.78, 5) is 13.6. The molecule has 0 unspecified atom stereocenters. The fourth-order valence-electron chi connectivity index (χ4n) is 1.88. The zero-order chi connectivity index (χ0) is 10.9. The fraction of sp³-hybridized carbons (Fsp3) is 0.545. The van der Waals surface area contributed by atoms with Crippen LogP contribution in [0.1, 0.15) is 24.8 Å². The van der Waals surface area contributed by atoms with E-state index in [1.165, 1.54) is 0 Å².